The molecule has 2 aromatic carbocycles. The molecule has 5 heteroatoms. The third-order valence-corrected chi connectivity index (χ3v) is 5.28. The summed E-state index contributed by atoms with van der Waals surface area (Å²) < 4.78 is 5.85. The minimum atomic E-state index is 0.541. The number of hydrogen-bond donors (Lipinski definition) is 2. The molecule has 3 aromatic rings. The molecule has 1 aromatic heterocycles. The molecule has 0 unspecified atom stereocenters. The first-order chi connectivity index (χ1) is 12.3. The van der Waals surface area contributed by atoms with Gasteiger partial charge in [0.1, 0.15) is 12.4 Å². The highest BCUT2D eigenvalue weighted by molar-refractivity contribution is 7.15. The molecule has 1 fully saturated rings. The van der Waals surface area contributed by atoms with Crippen LogP contribution >= 0.6 is 11.3 Å². The maximum Gasteiger partial charge on any atom is 0.180 e. The summed E-state index contributed by atoms with van der Waals surface area (Å²) in [6.45, 7) is 1.44. The Labute approximate surface area is 151 Å². The minimum Gasteiger partial charge on any atom is -0.489 e. The van der Waals surface area contributed by atoms with E-state index in [4.69, 9.17) is 10.5 Å². The van der Waals surface area contributed by atoms with Crippen molar-refractivity contribution in [2.24, 2.45) is 0 Å². The van der Waals surface area contributed by atoms with Gasteiger partial charge in [0.15, 0.2) is 5.13 Å². The Morgan fingerprint density at radius 1 is 1.12 bits per heavy atom. The van der Waals surface area contributed by atoms with E-state index in [1.165, 1.54) is 22.4 Å². The van der Waals surface area contributed by atoms with E-state index in [-0.39, 0.29) is 0 Å². The number of thiazole rings is 1. The van der Waals surface area contributed by atoms with Gasteiger partial charge >= 0.3 is 0 Å². The van der Waals surface area contributed by atoms with Gasteiger partial charge in [-0.1, -0.05) is 42.5 Å². The van der Waals surface area contributed by atoms with Crippen LogP contribution in [0.2, 0.25) is 0 Å². The van der Waals surface area contributed by atoms with Gasteiger partial charge < -0.3 is 15.8 Å². The molecular weight excluding hydrogens is 330 g/mol. The van der Waals surface area contributed by atoms with Crippen molar-refractivity contribution in [1.82, 2.24) is 10.3 Å². The van der Waals surface area contributed by atoms with Crippen LogP contribution in [0.5, 0.6) is 5.75 Å². The van der Waals surface area contributed by atoms with Gasteiger partial charge in [0.05, 0.1) is 0 Å². The maximum atomic E-state index is 5.85. The summed E-state index contributed by atoms with van der Waals surface area (Å²) in [6, 6.07) is 19.3. The first-order valence-electron chi connectivity index (χ1n) is 8.48. The highest BCUT2D eigenvalue weighted by Gasteiger charge is 2.37. The van der Waals surface area contributed by atoms with Gasteiger partial charge in [-0.15, -0.1) is 11.3 Å². The number of nitrogens with one attached hydrogen (secondary N) is 1. The lowest BCUT2D eigenvalue weighted by atomic mass is 10.1. The zero-order valence-corrected chi connectivity index (χ0v) is 14.7. The number of benzene rings is 2. The van der Waals surface area contributed by atoms with E-state index in [1.54, 1.807) is 11.3 Å². The summed E-state index contributed by atoms with van der Waals surface area (Å²) in [7, 11) is 0. The van der Waals surface area contributed by atoms with Crippen molar-refractivity contribution in [2.75, 3.05) is 5.73 Å². The highest BCUT2D eigenvalue weighted by Crippen LogP contribution is 2.41. The number of nitrogen functional groups attached to an aromatic ring is 1. The molecule has 0 radical (unpaired) electrons. The number of anilines is 1. The lowest BCUT2D eigenvalue weighted by molar-refractivity contribution is 0.306. The first-order valence-corrected chi connectivity index (χ1v) is 9.30. The van der Waals surface area contributed by atoms with Gasteiger partial charge in [-0.25, -0.2) is 4.98 Å². The number of nitrogens with zero attached hydrogens (tertiary/aromatic N) is 1. The van der Waals surface area contributed by atoms with Crippen molar-refractivity contribution in [3.63, 3.8) is 0 Å². The summed E-state index contributed by atoms with van der Waals surface area (Å²) in [6.07, 6.45) is 3.03. The van der Waals surface area contributed by atoms with Crippen LogP contribution in [0.15, 0.2) is 60.8 Å². The third kappa shape index (κ3) is 4.18. The molecule has 3 N–H and O–H groups in total. The average Bonchev–Trinajstić information content (AvgIpc) is 3.32. The predicted molar refractivity (Wildman–Crippen MR) is 102 cm³/mol. The molecular formula is C20H21N3OS. The van der Waals surface area contributed by atoms with Crippen LogP contribution in [0.4, 0.5) is 5.13 Å². The summed E-state index contributed by atoms with van der Waals surface area (Å²) in [5.41, 5.74) is 8.21. The number of nitrogens with two attached hydrogens (primary N) is 1. The van der Waals surface area contributed by atoms with Crippen LogP contribution in [-0.2, 0) is 13.2 Å². The molecule has 25 heavy (non-hydrogen) atoms. The Morgan fingerprint density at radius 2 is 1.92 bits per heavy atom. The Bertz CT molecular complexity index is 816. The van der Waals surface area contributed by atoms with Crippen LogP contribution in [0.3, 0.4) is 0 Å². The molecule has 1 saturated carbocycles. The van der Waals surface area contributed by atoms with E-state index in [2.05, 4.69) is 46.7 Å². The monoisotopic (exact) mass is 351 g/mol. The molecule has 0 spiro atoms. The average molecular weight is 351 g/mol. The molecule has 0 bridgehead atoms. The Balaban J connectivity index is 1.26. The van der Waals surface area contributed by atoms with Crippen molar-refractivity contribution < 1.29 is 4.74 Å². The molecule has 1 aliphatic rings. The lowest BCUT2D eigenvalue weighted by Gasteiger charge is -2.08. The van der Waals surface area contributed by atoms with Gasteiger partial charge in [0.25, 0.3) is 0 Å². The summed E-state index contributed by atoms with van der Waals surface area (Å²) in [5.74, 6) is 1.51. The zero-order chi connectivity index (χ0) is 17.1. The topological polar surface area (TPSA) is 60.2 Å². The lowest BCUT2D eigenvalue weighted by Crippen LogP contribution is -2.16. The molecule has 128 valence electrons. The fourth-order valence-corrected chi connectivity index (χ4v) is 3.61. The van der Waals surface area contributed by atoms with Crippen molar-refractivity contribution in [3.05, 3.63) is 76.8 Å². The first kappa shape index (κ1) is 16.1. The van der Waals surface area contributed by atoms with Crippen LogP contribution in [0.1, 0.15) is 28.3 Å². The summed E-state index contributed by atoms with van der Waals surface area (Å²) >= 11 is 1.55. The molecule has 1 heterocycles. The Morgan fingerprint density at radius 3 is 2.64 bits per heavy atom. The minimum absolute atomic E-state index is 0.541. The highest BCUT2D eigenvalue weighted by atomic mass is 32.1. The Kier molecular flexibility index (Phi) is 4.68. The SMILES string of the molecule is Nc1ncc(CN[C@@H]2C[C@H]2c2ccc(OCc3ccccc3)cc2)s1. The van der Waals surface area contributed by atoms with E-state index in [0.717, 1.165) is 12.3 Å². The smallest absolute Gasteiger partial charge is 0.180 e. The van der Waals surface area contributed by atoms with E-state index >= 15 is 0 Å². The van der Waals surface area contributed by atoms with Crippen LogP contribution < -0.4 is 15.8 Å². The summed E-state index contributed by atoms with van der Waals surface area (Å²) in [5, 5.41) is 4.21. The van der Waals surface area contributed by atoms with E-state index in [9.17, 15) is 0 Å². The molecule has 1 aliphatic carbocycles. The predicted octanol–water partition coefficient (Wildman–Crippen LogP) is 3.95. The van der Waals surface area contributed by atoms with Crippen LogP contribution in [0.25, 0.3) is 0 Å². The van der Waals surface area contributed by atoms with Crippen molar-refractivity contribution in [1.29, 1.82) is 0 Å². The normalized spacial score (nSPS) is 18.9. The standard InChI is InChI=1S/C20H21N3OS/c21-20-23-12-17(25-20)11-22-19-10-18(19)15-6-8-16(9-7-15)24-13-14-4-2-1-3-5-14/h1-9,12,18-19,22H,10-11,13H2,(H2,21,23)/t18-,19+/m0/s1. The van der Waals surface area contributed by atoms with Gasteiger partial charge in [0, 0.05) is 29.6 Å². The van der Waals surface area contributed by atoms with Crippen LogP contribution in [0, 0.1) is 0 Å². The molecule has 2 atom stereocenters. The van der Waals surface area contributed by atoms with Gasteiger partial charge in [-0.05, 0) is 29.7 Å². The van der Waals surface area contributed by atoms with Crippen molar-refractivity contribution in [3.8, 4) is 5.75 Å². The summed E-state index contributed by atoms with van der Waals surface area (Å²) in [4.78, 5) is 5.27. The second-order valence-electron chi connectivity index (χ2n) is 6.34. The Hall–Kier alpha value is -2.37. The third-order valence-electron chi connectivity index (χ3n) is 4.46. The number of hydrogen-bond acceptors (Lipinski definition) is 5. The molecule has 0 saturated heterocycles. The van der Waals surface area contributed by atoms with Gasteiger partial charge in [-0.3, -0.25) is 0 Å². The fourth-order valence-electron chi connectivity index (χ4n) is 2.98. The van der Waals surface area contributed by atoms with Gasteiger partial charge in [0.2, 0.25) is 0 Å². The number of ether oxygens (including phenoxy) is 1. The van der Waals surface area contributed by atoms with Gasteiger partial charge in [-0.2, -0.15) is 0 Å². The second-order valence-corrected chi connectivity index (χ2v) is 7.48. The second kappa shape index (κ2) is 7.25. The van der Waals surface area contributed by atoms with Crippen LogP contribution in [-0.4, -0.2) is 11.0 Å². The molecule has 4 nitrogen and oxygen atoms in total. The largest absolute Gasteiger partial charge is 0.489 e. The van der Waals surface area contributed by atoms with Crippen molar-refractivity contribution in [2.45, 2.75) is 31.5 Å². The molecule has 0 aliphatic heterocycles. The fraction of sp³-hybridized carbons (Fsp3) is 0.250. The molecule has 0 amide bonds. The number of aromatic nitrogens is 1. The quantitative estimate of drug-likeness (QED) is 0.677. The number of rotatable bonds is 7. The van der Waals surface area contributed by atoms with E-state index in [0.29, 0.717) is 23.7 Å². The molecule has 4 rings (SSSR count). The maximum absolute atomic E-state index is 5.85. The van der Waals surface area contributed by atoms with Crippen molar-refractivity contribution >= 4 is 16.5 Å². The van der Waals surface area contributed by atoms with E-state index < -0.39 is 0 Å². The van der Waals surface area contributed by atoms with E-state index in [1.807, 2.05) is 24.4 Å². The zero-order valence-electron chi connectivity index (χ0n) is 13.9.